The highest BCUT2D eigenvalue weighted by atomic mass is 16.5. The van der Waals surface area contributed by atoms with Crippen LogP contribution in [0.25, 0.3) is 0 Å². The van der Waals surface area contributed by atoms with E-state index in [1.54, 1.807) is 25.2 Å². The second kappa shape index (κ2) is 6.90. The van der Waals surface area contributed by atoms with E-state index < -0.39 is 12.0 Å². The Labute approximate surface area is 127 Å². The molecule has 118 valence electrons. The van der Waals surface area contributed by atoms with Crippen LogP contribution in [0.4, 0.5) is 0 Å². The first-order chi connectivity index (χ1) is 10.5. The maximum absolute atomic E-state index is 11.8. The van der Waals surface area contributed by atoms with Gasteiger partial charge in [-0.15, -0.1) is 5.10 Å². The topological polar surface area (TPSA) is 98.5 Å². The maximum atomic E-state index is 11.8. The number of aryl methyl sites for hydroxylation is 1. The Kier molecular flexibility index (Phi) is 4.95. The van der Waals surface area contributed by atoms with Crippen LogP contribution in [0.3, 0.4) is 0 Å². The number of hydrogen-bond acceptors (Lipinski definition) is 6. The third-order valence-corrected chi connectivity index (χ3v) is 3.08. The van der Waals surface area contributed by atoms with Crippen molar-refractivity contribution in [1.82, 2.24) is 20.3 Å². The number of carbonyl (C=O) groups excluding carboxylic acids is 1. The van der Waals surface area contributed by atoms with Crippen molar-refractivity contribution >= 4 is 5.91 Å². The van der Waals surface area contributed by atoms with Crippen molar-refractivity contribution in [1.29, 1.82) is 0 Å². The summed E-state index contributed by atoms with van der Waals surface area (Å²) in [4.78, 5) is 11.8. The standard InChI is InChI=1S/C14H18N4O4/c1-18-8-10(16-17-18)14(20)15-7-11(19)9-4-5-12(21-2)13(6-9)22-3/h4-6,8,11,19H,7H2,1-3H3,(H,15,20). The molecule has 0 spiro atoms. The van der Waals surface area contributed by atoms with Gasteiger partial charge >= 0.3 is 0 Å². The number of nitrogens with zero attached hydrogens (tertiary/aromatic N) is 3. The van der Waals surface area contributed by atoms with E-state index in [2.05, 4.69) is 15.6 Å². The van der Waals surface area contributed by atoms with E-state index in [1.165, 1.54) is 25.1 Å². The van der Waals surface area contributed by atoms with E-state index >= 15 is 0 Å². The summed E-state index contributed by atoms with van der Waals surface area (Å²) < 4.78 is 11.7. The molecule has 0 fully saturated rings. The Bertz CT molecular complexity index is 656. The van der Waals surface area contributed by atoms with Crippen LogP contribution in [0.5, 0.6) is 11.5 Å². The SMILES string of the molecule is COc1ccc(C(O)CNC(=O)c2cn(C)nn2)cc1OC. The molecule has 0 radical (unpaired) electrons. The molecule has 0 aliphatic carbocycles. The quantitative estimate of drug-likeness (QED) is 0.796. The van der Waals surface area contributed by atoms with Gasteiger partial charge in [0.25, 0.3) is 5.91 Å². The predicted octanol–water partition coefficient (Wildman–Crippen LogP) is 0.296. The summed E-state index contributed by atoms with van der Waals surface area (Å²) >= 11 is 0. The normalized spacial score (nSPS) is 11.8. The van der Waals surface area contributed by atoms with Crippen LogP contribution in [-0.4, -0.2) is 46.8 Å². The van der Waals surface area contributed by atoms with Crippen molar-refractivity contribution in [3.05, 3.63) is 35.7 Å². The van der Waals surface area contributed by atoms with E-state index in [1.807, 2.05) is 0 Å². The number of aromatic nitrogens is 3. The molecule has 8 nitrogen and oxygen atoms in total. The zero-order valence-corrected chi connectivity index (χ0v) is 12.6. The fraction of sp³-hybridized carbons (Fsp3) is 0.357. The average molecular weight is 306 g/mol. The number of nitrogens with one attached hydrogen (secondary N) is 1. The number of aliphatic hydroxyl groups is 1. The number of carbonyl (C=O) groups is 1. The molecule has 1 heterocycles. The molecular formula is C14H18N4O4. The number of ether oxygens (including phenoxy) is 2. The van der Waals surface area contributed by atoms with Crippen molar-refractivity contribution in [3.8, 4) is 11.5 Å². The summed E-state index contributed by atoms with van der Waals surface area (Å²) in [5.74, 6) is 0.689. The Balaban J connectivity index is 2.00. The number of amides is 1. The Hall–Kier alpha value is -2.61. The number of aliphatic hydroxyl groups excluding tert-OH is 1. The number of rotatable bonds is 6. The van der Waals surface area contributed by atoms with Gasteiger partial charge < -0.3 is 19.9 Å². The highest BCUT2D eigenvalue weighted by Gasteiger charge is 2.15. The van der Waals surface area contributed by atoms with Crippen LogP contribution in [0.1, 0.15) is 22.2 Å². The van der Waals surface area contributed by atoms with Crippen molar-refractivity contribution in [3.63, 3.8) is 0 Å². The lowest BCUT2D eigenvalue weighted by atomic mass is 10.1. The highest BCUT2D eigenvalue weighted by Crippen LogP contribution is 2.29. The minimum atomic E-state index is -0.875. The van der Waals surface area contributed by atoms with Crippen molar-refractivity contribution in [2.24, 2.45) is 7.05 Å². The Morgan fingerprint density at radius 1 is 1.36 bits per heavy atom. The lowest BCUT2D eigenvalue weighted by molar-refractivity contribution is 0.0911. The number of hydrogen-bond donors (Lipinski definition) is 2. The van der Waals surface area contributed by atoms with Gasteiger partial charge in [0, 0.05) is 13.6 Å². The monoisotopic (exact) mass is 306 g/mol. The van der Waals surface area contributed by atoms with Crippen LogP contribution < -0.4 is 14.8 Å². The highest BCUT2D eigenvalue weighted by molar-refractivity contribution is 5.91. The summed E-state index contributed by atoms with van der Waals surface area (Å²) in [6, 6.07) is 5.07. The van der Waals surface area contributed by atoms with Gasteiger partial charge in [-0.1, -0.05) is 11.3 Å². The van der Waals surface area contributed by atoms with Crippen molar-refractivity contribution in [2.45, 2.75) is 6.10 Å². The smallest absolute Gasteiger partial charge is 0.273 e. The van der Waals surface area contributed by atoms with Crippen molar-refractivity contribution < 1.29 is 19.4 Å². The molecular weight excluding hydrogens is 288 g/mol. The summed E-state index contributed by atoms with van der Waals surface area (Å²) in [7, 11) is 4.72. The summed E-state index contributed by atoms with van der Waals surface area (Å²) in [6.07, 6.45) is 0.624. The molecule has 2 rings (SSSR count). The molecule has 1 amide bonds. The maximum Gasteiger partial charge on any atom is 0.273 e. The molecule has 2 aromatic rings. The lowest BCUT2D eigenvalue weighted by Gasteiger charge is -2.14. The molecule has 0 aliphatic heterocycles. The molecule has 0 saturated heterocycles. The van der Waals surface area contributed by atoms with E-state index in [0.29, 0.717) is 17.1 Å². The fourth-order valence-electron chi connectivity index (χ4n) is 1.91. The predicted molar refractivity (Wildman–Crippen MR) is 77.8 cm³/mol. The Morgan fingerprint density at radius 3 is 2.68 bits per heavy atom. The average Bonchev–Trinajstić information content (AvgIpc) is 2.98. The third kappa shape index (κ3) is 3.53. The number of benzene rings is 1. The summed E-state index contributed by atoms with van der Waals surface area (Å²) in [6.45, 7) is 0.0465. The summed E-state index contributed by atoms with van der Waals surface area (Å²) in [5.41, 5.74) is 0.805. The van der Waals surface area contributed by atoms with E-state index in [-0.39, 0.29) is 12.2 Å². The van der Waals surface area contributed by atoms with Crippen LogP contribution in [-0.2, 0) is 7.05 Å². The van der Waals surface area contributed by atoms with Gasteiger partial charge in [-0.25, -0.2) is 0 Å². The first-order valence-corrected chi connectivity index (χ1v) is 6.59. The van der Waals surface area contributed by atoms with Crippen LogP contribution in [0, 0.1) is 0 Å². The lowest BCUT2D eigenvalue weighted by Crippen LogP contribution is -2.28. The van der Waals surface area contributed by atoms with Gasteiger partial charge in [0.1, 0.15) is 0 Å². The van der Waals surface area contributed by atoms with Crippen LogP contribution in [0.15, 0.2) is 24.4 Å². The minimum absolute atomic E-state index is 0.0465. The molecule has 0 bridgehead atoms. The molecule has 0 saturated carbocycles. The Morgan fingerprint density at radius 2 is 2.09 bits per heavy atom. The van der Waals surface area contributed by atoms with Crippen molar-refractivity contribution in [2.75, 3.05) is 20.8 Å². The van der Waals surface area contributed by atoms with Crippen LogP contribution >= 0.6 is 0 Å². The summed E-state index contributed by atoms with van der Waals surface area (Å²) in [5, 5.41) is 20.1. The molecule has 0 aliphatic rings. The van der Waals surface area contributed by atoms with E-state index in [4.69, 9.17) is 9.47 Å². The van der Waals surface area contributed by atoms with Gasteiger partial charge in [0.15, 0.2) is 17.2 Å². The van der Waals surface area contributed by atoms with E-state index in [0.717, 1.165) is 0 Å². The number of methoxy groups -OCH3 is 2. The first kappa shape index (κ1) is 15.8. The molecule has 22 heavy (non-hydrogen) atoms. The second-order valence-electron chi connectivity index (χ2n) is 4.62. The first-order valence-electron chi connectivity index (χ1n) is 6.59. The third-order valence-electron chi connectivity index (χ3n) is 3.08. The van der Waals surface area contributed by atoms with Gasteiger partial charge in [0.2, 0.25) is 0 Å². The molecule has 1 atom stereocenters. The molecule has 1 unspecified atom stereocenters. The van der Waals surface area contributed by atoms with Gasteiger partial charge in [0.05, 0.1) is 26.5 Å². The fourth-order valence-corrected chi connectivity index (χ4v) is 1.91. The van der Waals surface area contributed by atoms with Gasteiger partial charge in [-0.3, -0.25) is 9.48 Å². The molecule has 8 heteroatoms. The molecule has 1 aromatic heterocycles. The largest absolute Gasteiger partial charge is 0.493 e. The minimum Gasteiger partial charge on any atom is -0.493 e. The van der Waals surface area contributed by atoms with E-state index in [9.17, 15) is 9.90 Å². The zero-order valence-electron chi connectivity index (χ0n) is 12.6. The second-order valence-corrected chi connectivity index (χ2v) is 4.62. The van der Waals surface area contributed by atoms with Crippen LogP contribution in [0.2, 0.25) is 0 Å². The molecule has 2 N–H and O–H groups in total. The van der Waals surface area contributed by atoms with Gasteiger partial charge in [-0.2, -0.15) is 0 Å². The zero-order chi connectivity index (χ0) is 16.1. The van der Waals surface area contributed by atoms with Gasteiger partial charge in [-0.05, 0) is 17.7 Å². The molecule has 1 aromatic carbocycles.